The fourth-order valence-corrected chi connectivity index (χ4v) is 3.93. The second-order valence-electron chi connectivity index (χ2n) is 6.68. The largest absolute Gasteiger partial charge is 1.00 e. The highest BCUT2D eigenvalue weighted by Crippen LogP contribution is 2.43. The van der Waals surface area contributed by atoms with E-state index in [1.54, 1.807) is 14.2 Å². The van der Waals surface area contributed by atoms with Gasteiger partial charge in [-0.2, -0.15) is 4.57 Å². The van der Waals surface area contributed by atoms with Crippen LogP contribution in [0.5, 0.6) is 11.5 Å². The summed E-state index contributed by atoms with van der Waals surface area (Å²) in [5, 5.41) is 2.43. The van der Waals surface area contributed by atoms with E-state index in [1.807, 2.05) is 12.3 Å². The van der Waals surface area contributed by atoms with Crippen molar-refractivity contribution in [2.45, 2.75) is 6.54 Å². The number of halogens is 1. The van der Waals surface area contributed by atoms with Crippen LogP contribution in [-0.4, -0.2) is 19.2 Å². The molecule has 0 bridgehead atoms. The van der Waals surface area contributed by atoms with E-state index < -0.39 is 0 Å². The van der Waals surface area contributed by atoms with Gasteiger partial charge in [0.1, 0.15) is 11.5 Å². The quantitative estimate of drug-likeness (QED) is 0.399. The lowest BCUT2D eigenvalue weighted by Crippen LogP contribution is -3.00. The maximum absolute atomic E-state index is 5.43. The molecule has 4 aromatic rings. The molecule has 1 aliphatic carbocycles. The maximum Gasteiger partial charge on any atom is 0.223 e. The predicted molar refractivity (Wildman–Crippen MR) is 105 cm³/mol. The molecule has 0 amide bonds. The van der Waals surface area contributed by atoms with Gasteiger partial charge in [0.25, 0.3) is 0 Å². The van der Waals surface area contributed by atoms with Gasteiger partial charge in [0, 0.05) is 29.5 Å². The third kappa shape index (κ3) is 2.83. The van der Waals surface area contributed by atoms with Gasteiger partial charge in [0.15, 0.2) is 12.7 Å². The number of ether oxygens (including phenoxy) is 2. The molecule has 0 saturated heterocycles. The summed E-state index contributed by atoms with van der Waals surface area (Å²) in [6.45, 7) is 0.724. The topological polar surface area (TPSA) is 35.2 Å². The zero-order chi connectivity index (χ0) is 18.4. The molecular weight excluding hydrogens is 416 g/mol. The number of rotatable bonds is 4. The van der Waals surface area contributed by atoms with Gasteiger partial charge in [-0.15, -0.1) is 0 Å². The second kappa shape index (κ2) is 7.24. The maximum atomic E-state index is 5.43. The summed E-state index contributed by atoms with van der Waals surface area (Å²) in [5.41, 5.74) is 5.83. The van der Waals surface area contributed by atoms with Crippen molar-refractivity contribution >= 4 is 10.8 Å². The molecule has 140 valence electrons. The fraction of sp³-hybridized carbons (Fsp3) is 0.130. The van der Waals surface area contributed by atoms with E-state index in [2.05, 4.69) is 64.3 Å². The molecule has 4 nitrogen and oxygen atoms in total. The molecule has 5 rings (SSSR count). The minimum Gasteiger partial charge on any atom is -1.00 e. The van der Waals surface area contributed by atoms with Gasteiger partial charge in [-0.05, 0) is 29.7 Å². The molecule has 28 heavy (non-hydrogen) atoms. The van der Waals surface area contributed by atoms with Crippen LogP contribution in [0.25, 0.3) is 33.3 Å². The normalized spacial score (nSPS) is 11.1. The van der Waals surface area contributed by atoms with Crippen LogP contribution in [0.4, 0.5) is 0 Å². The minimum absolute atomic E-state index is 0. The standard InChI is InChI=1S/C23H19N2O2.BrH/c1-26-17-11-15(12-18(13-17)27-2)14-25-10-8-16-7-9-24-22-19-5-3-4-6-20(19)23(25)21(16)22;/h3-13H,14H2,1-2H3;1H/q+1;/p-1. The molecule has 2 aromatic heterocycles. The summed E-state index contributed by atoms with van der Waals surface area (Å²) < 4.78 is 13.1. The highest BCUT2D eigenvalue weighted by atomic mass is 79.9. The molecule has 0 fully saturated rings. The van der Waals surface area contributed by atoms with Gasteiger partial charge < -0.3 is 26.5 Å². The van der Waals surface area contributed by atoms with Gasteiger partial charge in [0.2, 0.25) is 5.69 Å². The van der Waals surface area contributed by atoms with E-state index in [4.69, 9.17) is 9.47 Å². The van der Waals surface area contributed by atoms with Crippen molar-refractivity contribution in [3.63, 3.8) is 0 Å². The Labute approximate surface area is 174 Å². The van der Waals surface area contributed by atoms with E-state index in [0.29, 0.717) is 0 Å². The molecule has 1 aliphatic rings. The van der Waals surface area contributed by atoms with E-state index in [0.717, 1.165) is 29.3 Å². The molecule has 0 aliphatic heterocycles. The number of benzene rings is 2. The Morgan fingerprint density at radius 1 is 0.893 bits per heavy atom. The van der Waals surface area contributed by atoms with Crippen molar-refractivity contribution < 1.29 is 31.0 Å². The lowest BCUT2D eigenvalue weighted by molar-refractivity contribution is -0.676. The van der Waals surface area contributed by atoms with Crippen molar-refractivity contribution in [2.24, 2.45) is 0 Å². The number of pyridine rings is 2. The van der Waals surface area contributed by atoms with Crippen LogP contribution in [0.1, 0.15) is 5.56 Å². The van der Waals surface area contributed by atoms with Crippen LogP contribution in [0.3, 0.4) is 0 Å². The minimum atomic E-state index is 0. The van der Waals surface area contributed by atoms with E-state index in [1.165, 1.54) is 27.6 Å². The van der Waals surface area contributed by atoms with Gasteiger partial charge in [-0.3, -0.25) is 4.98 Å². The summed E-state index contributed by atoms with van der Waals surface area (Å²) in [4.78, 5) is 4.67. The SMILES string of the molecule is COc1cc(C[n+]2ccc3ccnc4c3c2-c2ccccc2-4)cc(OC)c1.[Br-]. The summed E-state index contributed by atoms with van der Waals surface area (Å²) >= 11 is 0. The number of hydrogen-bond donors (Lipinski definition) is 0. The van der Waals surface area contributed by atoms with Crippen LogP contribution in [0.15, 0.2) is 67.0 Å². The molecule has 0 atom stereocenters. The molecule has 0 N–H and O–H groups in total. The monoisotopic (exact) mass is 434 g/mol. The Bertz CT molecular complexity index is 1170. The Balaban J connectivity index is 0.00000192. The summed E-state index contributed by atoms with van der Waals surface area (Å²) in [7, 11) is 3.35. The van der Waals surface area contributed by atoms with E-state index in [9.17, 15) is 0 Å². The first-order chi connectivity index (χ1) is 13.3. The molecular formula is C23H19BrN2O2. The Kier molecular flexibility index (Phi) is 4.77. The molecule has 2 aromatic carbocycles. The van der Waals surface area contributed by atoms with Crippen molar-refractivity contribution in [3.8, 4) is 34.0 Å². The third-order valence-corrected chi connectivity index (χ3v) is 5.14. The predicted octanol–water partition coefficient (Wildman–Crippen LogP) is 1.24. The molecule has 5 heteroatoms. The summed E-state index contributed by atoms with van der Waals surface area (Å²) in [6, 6.07) is 18.7. The van der Waals surface area contributed by atoms with Crippen LogP contribution >= 0.6 is 0 Å². The van der Waals surface area contributed by atoms with Gasteiger partial charge in [0.05, 0.1) is 30.9 Å². The highest BCUT2D eigenvalue weighted by Gasteiger charge is 2.30. The average Bonchev–Trinajstić information content (AvgIpc) is 3.06. The molecule has 0 saturated carbocycles. The Morgan fingerprint density at radius 2 is 1.61 bits per heavy atom. The molecule has 0 spiro atoms. The fourth-order valence-electron chi connectivity index (χ4n) is 3.93. The Hall–Kier alpha value is -2.92. The summed E-state index contributed by atoms with van der Waals surface area (Å²) in [6.07, 6.45) is 4.04. The number of fused-ring (bicyclic) bond motifs is 3. The second-order valence-corrected chi connectivity index (χ2v) is 6.68. The van der Waals surface area contributed by atoms with Crippen molar-refractivity contribution in [1.29, 1.82) is 0 Å². The number of methoxy groups -OCH3 is 2. The molecule has 0 unspecified atom stereocenters. The van der Waals surface area contributed by atoms with Gasteiger partial charge in [-0.1, -0.05) is 18.2 Å². The van der Waals surface area contributed by atoms with Crippen molar-refractivity contribution in [3.05, 3.63) is 72.6 Å². The average molecular weight is 435 g/mol. The van der Waals surface area contributed by atoms with Crippen LogP contribution in [-0.2, 0) is 6.54 Å². The molecule has 2 heterocycles. The first-order valence-electron chi connectivity index (χ1n) is 8.91. The van der Waals surface area contributed by atoms with Crippen molar-refractivity contribution in [1.82, 2.24) is 4.98 Å². The molecule has 0 radical (unpaired) electrons. The third-order valence-electron chi connectivity index (χ3n) is 5.14. The van der Waals surface area contributed by atoms with Crippen LogP contribution in [0.2, 0.25) is 0 Å². The van der Waals surface area contributed by atoms with Crippen molar-refractivity contribution in [2.75, 3.05) is 14.2 Å². The van der Waals surface area contributed by atoms with E-state index in [-0.39, 0.29) is 17.0 Å². The zero-order valence-corrected chi connectivity index (χ0v) is 17.2. The smallest absolute Gasteiger partial charge is 0.223 e. The van der Waals surface area contributed by atoms with Gasteiger partial charge >= 0.3 is 0 Å². The number of nitrogens with zero attached hydrogens (tertiary/aromatic N) is 2. The highest BCUT2D eigenvalue weighted by molar-refractivity contribution is 6.11. The lowest BCUT2D eigenvalue weighted by Gasteiger charge is -2.08. The number of hydrogen-bond acceptors (Lipinski definition) is 3. The summed E-state index contributed by atoms with van der Waals surface area (Å²) in [5.74, 6) is 1.59. The first kappa shape index (κ1) is 18.4. The van der Waals surface area contributed by atoms with Gasteiger partial charge in [-0.25, -0.2) is 0 Å². The van der Waals surface area contributed by atoms with Crippen LogP contribution < -0.4 is 31.0 Å². The Morgan fingerprint density at radius 3 is 2.32 bits per heavy atom. The van der Waals surface area contributed by atoms with Crippen LogP contribution in [0, 0.1) is 0 Å². The lowest BCUT2D eigenvalue weighted by atomic mass is 10.1. The number of aromatic nitrogens is 2. The first-order valence-corrected chi connectivity index (χ1v) is 8.91. The zero-order valence-electron chi connectivity index (χ0n) is 15.6. The van der Waals surface area contributed by atoms with E-state index >= 15 is 0 Å².